The summed E-state index contributed by atoms with van der Waals surface area (Å²) in [6.07, 6.45) is 0.547. The molecule has 16 heavy (non-hydrogen) atoms. The third kappa shape index (κ3) is 2.62. The van der Waals surface area contributed by atoms with Gasteiger partial charge in [0.25, 0.3) is 0 Å². The Hall–Kier alpha value is -1.78. The topological polar surface area (TPSA) is 43.4 Å². The lowest BCUT2D eigenvalue weighted by Crippen LogP contribution is -2.08. The SMILES string of the molecule is CC(=O)c1cc(C=O)cc(C)c1OC(F)F. The second-order valence-corrected chi connectivity index (χ2v) is 3.27. The fourth-order valence-corrected chi connectivity index (χ4v) is 1.38. The summed E-state index contributed by atoms with van der Waals surface area (Å²) in [6, 6.07) is 2.62. The van der Waals surface area contributed by atoms with Crippen LogP contribution in [0.5, 0.6) is 5.75 Å². The van der Waals surface area contributed by atoms with E-state index in [-0.39, 0.29) is 16.9 Å². The van der Waals surface area contributed by atoms with E-state index < -0.39 is 12.4 Å². The number of carbonyl (C=O) groups is 2. The van der Waals surface area contributed by atoms with Gasteiger partial charge in [0.1, 0.15) is 12.0 Å². The molecule has 0 heterocycles. The van der Waals surface area contributed by atoms with Gasteiger partial charge in [-0.05, 0) is 31.5 Å². The molecule has 86 valence electrons. The van der Waals surface area contributed by atoms with Crippen molar-refractivity contribution < 1.29 is 23.1 Å². The molecule has 0 bridgehead atoms. The molecule has 0 N–H and O–H groups in total. The molecule has 1 aromatic carbocycles. The van der Waals surface area contributed by atoms with Gasteiger partial charge in [-0.25, -0.2) is 0 Å². The summed E-state index contributed by atoms with van der Waals surface area (Å²) in [5.74, 6) is -0.601. The standard InChI is InChI=1S/C11H10F2O3/c1-6-3-8(5-14)4-9(7(2)15)10(6)16-11(12)13/h3-5,11H,1-2H3. The van der Waals surface area contributed by atoms with Crippen molar-refractivity contribution in [1.29, 1.82) is 0 Å². The Balaban J connectivity index is 3.33. The van der Waals surface area contributed by atoms with Crippen molar-refractivity contribution in [3.8, 4) is 5.75 Å². The van der Waals surface area contributed by atoms with Crippen LogP contribution in [0.4, 0.5) is 8.78 Å². The zero-order chi connectivity index (χ0) is 12.3. The zero-order valence-electron chi connectivity index (χ0n) is 8.79. The third-order valence-electron chi connectivity index (χ3n) is 2.02. The lowest BCUT2D eigenvalue weighted by molar-refractivity contribution is -0.0505. The van der Waals surface area contributed by atoms with Gasteiger partial charge in [0.2, 0.25) is 0 Å². The fourth-order valence-electron chi connectivity index (χ4n) is 1.38. The smallest absolute Gasteiger partial charge is 0.387 e. The van der Waals surface area contributed by atoms with Gasteiger partial charge in [0, 0.05) is 5.56 Å². The maximum Gasteiger partial charge on any atom is 0.387 e. The Morgan fingerprint density at radius 3 is 2.50 bits per heavy atom. The number of aldehydes is 1. The minimum atomic E-state index is -3.00. The van der Waals surface area contributed by atoms with Crippen LogP contribution in [0.15, 0.2) is 12.1 Å². The first-order chi connectivity index (χ1) is 7.45. The van der Waals surface area contributed by atoms with Gasteiger partial charge in [-0.15, -0.1) is 0 Å². The largest absolute Gasteiger partial charge is 0.434 e. The number of hydrogen-bond donors (Lipinski definition) is 0. The molecule has 0 aliphatic heterocycles. The molecule has 0 aliphatic carbocycles. The maximum atomic E-state index is 12.1. The Labute approximate surface area is 91.0 Å². The van der Waals surface area contributed by atoms with Crippen molar-refractivity contribution in [1.82, 2.24) is 0 Å². The van der Waals surface area contributed by atoms with Gasteiger partial charge < -0.3 is 4.74 Å². The molecule has 0 radical (unpaired) electrons. The molecular weight excluding hydrogens is 218 g/mol. The molecule has 0 unspecified atom stereocenters. The summed E-state index contributed by atoms with van der Waals surface area (Å²) in [7, 11) is 0. The monoisotopic (exact) mass is 228 g/mol. The van der Waals surface area contributed by atoms with E-state index in [1.54, 1.807) is 0 Å². The minimum Gasteiger partial charge on any atom is -0.434 e. The molecule has 1 rings (SSSR count). The first-order valence-electron chi connectivity index (χ1n) is 4.51. The number of rotatable bonds is 4. The quantitative estimate of drug-likeness (QED) is 0.587. The number of carbonyl (C=O) groups excluding carboxylic acids is 2. The van der Waals surface area contributed by atoms with Gasteiger partial charge in [-0.2, -0.15) is 8.78 Å². The number of ketones is 1. The number of hydrogen-bond acceptors (Lipinski definition) is 3. The minimum absolute atomic E-state index is 0.0117. The molecule has 0 saturated carbocycles. The van der Waals surface area contributed by atoms with Crippen LogP contribution in [0.2, 0.25) is 0 Å². The molecule has 0 atom stereocenters. The molecule has 0 saturated heterocycles. The summed E-state index contributed by atoms with van der Waals surface area (Å²) >= 11 is 0. The average Bonchev–Trinajstić information content (AvgIpc) is 2.19. The number of ether oxygens (including phenoxy) is 1. The van der Waals surface area contributed by atoms with E-state index in [4.69, 9.17) is 0 Å². The fraction of sp³-hybridized carbons (Fsp3) is 0.273. The van der Waals surface area contributed by atoms with Gasteiger partial charge >= 0.3 is 6.61 Å². The summed E-state index contributed by atoms with van der Waals surface area (Å²) in [4.78, 5) is 21.8. The van der Waals surface area contributed by atoms with E-state index >= 15 is 0 Å². The highest BCUT2D eigenvalue weighted by molar-refractivity contribution is 5.98. The van der Waals surface area contributed by atoms with Crippen LogP contribution in [0.3, 0.4) is 0 Å². The van der Waals surface area contributed by atoms with Gasteiger partial charge in [0.15, 0.2) is 5.78 Å². The van der Waals surface area contributed by atoms with E-state index in [9.17, 15) is 18.4 Å². The lowest BCUT2D eigenvalue weighted by atomic mass is 10.0. The van der Waals surface area contributed by atoms with Crippen molar-refractivity contribution in [2.24, 2.45) is 0 Å². The molecule has 0 aliphatic rings. The highest BCUT2D eigenvalue weighted by Gasteiger charge is 2.16. The van der Waals surface area contributed by atoms with E-state index in [2.05, 4.69) is 4.74 Å². The van der Waals surface area contributed by atoms with E-state index in [0.29, 0.717) is 11.8 Å². The highest BCUT2D eigenvalue weighted by atomic mass is 19.3. The third-order valence-corrected chi connectivity index (χ3v) is 2.02. The average molecular weight is 228 g/mol. The van der Waals surface area contributed by atoms with Gasteiger partial charge in [-0.1, -0.05) is 0 Å². The van der Waals surface area contributed by atoms with Crippen molar-refractivity contribution in [2.45, 2.75) is 20.5 Å². The molecule has 0 amide bonds. The Morgan fingerprint density at radius 1 is 1.44 bits per heavy atom. The molecule has 5 heteroatoms. The summed E-state index contributed by atoms with van der Waals surface area (Å²) in [5.41, 5.74) is 0.571. The van der Waals surface area contributed by atoms with Gasteiger partial charge in [0.05, 0.1) is 5.56 Å². The molecule has 1 aromatic rings. The van der Waals surface area contributed by atoms with Crippen LogP contribution in [0.1, 0.15) is 33.2 Å². The van der Waals surface area contributed by atoms with Crippen LogP contribution in [-0.4, -0.2) is 18.7 Å². The van der Waals surface area contributed by atoms with Gasteiger partial charge in [-0.3, -0.25) is 9.59 Å². The van der Waals surface area contributed by atoms with Crippen molar-refractivity contribution in [3.63, 3.8) is 0 Å². The van der Waals surface area contributed by atoms with Crippen LogP contribution in [-0.2, 0) is 0 Å². The predicted octanol–water partition coefficient (Wildman–Crippen LogP) is 2.61. The Kier molecular flexibility index (Phi) is 3.71. The highest BCUT2D eigenvalue weighted by Crippen LogP contribution is 2.27. The Morgan fingerprint density at radius 2 is 2.06 bits per heavy atom. The summed E-state index contributed by atoms with van der Waals surface area (Å²) < 4.78 is 28.5. The molecule has 0 aromatic heterocycles. The van der Waals surface area contributed by atoms with Crippen LogP contribution in [0.25, 0.3) is 0 Å². The number of halogens is 2. The first kappa shape index (κ1) is 12.3. The summed E-state index contributed by atoms with van der Waals surface area (Å²) in [6.45, 7) is -0.280. The van der Waals surface area contributed by atoms with Crippen LogP contribution < -0.4 is 4.74 Å². The second-order valence-electron chi connectivity index (χ2n) is 3.27. The number of benzene rings is 1. The number of aryl methyl sites for hydroxylation is 1. The van der Waals surface area contributed by atoms with Crippen LogP contribution in [0, 0.1) is 6.92 Å². The predicted molar refractivity (Wildman–Crippen MR) is 53.2 cm³/mol. The molecule has 0 spiro atoms. The summed E-state index contributed by atoms with van der Waals surface area (Å²) in [5, 5.41) is 0. The molecule has 3 nitrogen and oxygen atoms in total. The van der Waals surface area contributed by atoms with E-state index in [1.165, 1.54) is 26.0 Å². The zero-order valence-corrected chi connectivity index (χ0v) is 8.79. The maximum absolute atomic E-state index is 12.1. The molecule has 0 fully saturated rings. The molecular formula is C11H10F2O3. The number of Topliss-reactive ketones (excluding diaryl/α,β-unsaturated/α-hetero) is 1. The van der Waals surface area contributed by atoms with Crippen molar-refractivity contribution >= 4 is 12.1 Å². The van der Waals surface area contributed by atoms with E-state index in [0.717, 1.165) is 0 Å². The van der Waals surface area contributed by atoms with E-state index in [1.807, 2.05) is 0 Å². The van der Waals surface area contributed by atoms with Crippen molar-refractivity contribution in [3.05, 3.63) is 28.8 Å². The number of alkyl halides is 2. The lowest BCUT2D eigenvalue weighted by Gasteiger charge is -2.12. The Bertz CT molecular complexity index is 427. The normalized spacial score (nSPS) is 10.3. The van der Waals surface area contributed by atoms with Crippen LogP contribution >= 0.6 is 0 Å². The van der Waals surface area contributed by atoms with Crippen molar-refractivity contribution in [2.75, 3.05) is 0 Å². The first-order valence-corrected chi connectivity index (χ1v) is 4.51. The second kappa shape index (κ2) is 4.83.